The number of aromatic nitrogens is 1. The Morgan fingerprint density at radius 3 is 2.68 bits per heavy atom. The molecule has 1 fully saturated rings. The van der Waals surface area contributed by atoms with E-state index in [0.29, 0.717) is 16.5 Å². The van der Waals surface area contributed by atoms with E-state index >= 15 is 0 Å². The van der Waals surface area contributed by atoms with Gasteiger partial charge in [-0.1, -0.05) is 24.4 Å². The Balaban J connectivity index is 2.14. The fourth-order valence-corrected chi connectivity index (χ4v) is 3.06. The average molecular weight is 280 g/mol. The van der Waals surface area contributed by atoms with Crippen LogP contribution in [0.4, 0.5) is 4.39 Å². The van der Waals surface area contributed by atoms with Crippen LogP contribution in [0.25, 0.3) is 10.9 Å². The third-order valence-electron chi connectivity index (χ3n) is 3.83. The lowest BCUT2D eigenvalue weighted by atomic mass is 10.0. The van der Waals surface area contributed by atoms with Crippen molar-refractivity contribution >= 4 is 22.5 Å². The summed E-state index contributed by atoms with van der Waals surface area (Å²) in [5.41, 5.74) is 1.59. The Kier molecular flexibility index (Phi) is 3.31. The van der Waals surface area contributed by atoms with Crippen molar-refractivity contribution in [3.8, 4) is 5.75 Å². The third kappa shape index (κ3) is 2.27. The molecule has 100 valence electrons. The molecular weight excluding hydrogens is 265 g/mol. The SMILES string of the molecule is COc1cc2c(Cl)cc(C3CCCC3)nc2cc1F. The maximum absolute atomic E-state index is 13.8. The molecule has 0 aliphatic heterocycles. The predicted octanol–water partition coefficient (Wildman–Crippen LogP) is 4.69. The lowest BCUT2D eigenvalue weighted by molar-refractivity contribution is 0.387. The van der Waals surface area contributed by atoms with Crippen LogP contribution in [-0.2, 0) is 0 Å². The fraction of sp³-hybridized carbons (Fsp3) is 0.400. The first-order chi connectivity index (χ1) is 9.19. The number of hydrogen-bond donors (Lipinski definition) is 0. The number of methoxy groups -OCH3 is 1. The fourth-order valence-electron chi connectivity index (χ4n) is 2.79. The maximum atomic E-state index is 13.8. The number of halogens is 2. The molecule has 0 bridgehead atoms. The van der Waals surface area contributed by atoms with Gasteiger partial charge in [0.2, 0.25) is 0 Å². The predicted molar refractivity (Wildman–Crippen MR) is 74.5 cm³/mol. The molecule has 0 saturated heterocycles. The molecule has 4 heteroatoms. The molecular formula is C15H15ClFNO. The lowest BCUT2D eigenvalue weighted by Gasteiger charge is -2.12. The van der Waals surface area contributed by atoms with Crippen LogP contribution in [0.5, 0.6) is 5.75 Å². The summed E-state index contributed by atoms with van der Waals surface area (Å²) in [6, 6.07) is 4.92. The Morgan fingerprint density at radius 2 is 2.00 bits per heavy atom. The van der Waals surface area contributed by atoms with Crippen molar-refractivity contribution in [3.05, 3.63) is 34.7 Å². The summed E-state index contributed by atoms with van der Waals surface area (Å²) in [5, 5.41) is 1.35. The van der Waals surface area contributed by atoms with Crippen molar-refractivity contribution in [2.45, 2.75) is 31.6 Å². The topological polar surface area (TPSA) is 22.1 Å². The van der Waals surface area contributed by atoms with Crippen molar-refractivity contribution in [2.24, 2.45) is 0 Å². The van der Waals surface area contributed by atoms with E-state index in [9.17, 15) is 4.39 Å². The van der Waals surface area contributed by atoms with Crippen LogP contribution in [0.15, 0.2) is 18.2 Å². The summed E-state index contributed by atoms with van der Waals surface area (Å²) in [7, 11) is 1.44. The molecule has 1 heterocycles. The zero-order valence-corrected chi connectivity index (χ0v) is 11.5. The normalized spacial score (nSPS) is 16.2. The first-order valence-corrected chi connectivity index (χ1v) is 6.90. The summed E-state index contributed by atoms with van der Waals surface area (Å²) in [4.78, 5) is 4.57. The summed E-state index contributed by atoms with van der Waals surface area (Å²) >= 11 is 6.30. The molecule has 0 N–H and O–H groups in total. The van der Waals surface area contributed by atoms with E-state index in [1.165, 1.54) is 26.0 Å². The van der Waals surface area contributed by atoms with Crippen LogP contribution >= 0.6 is 11.6 Å². The van der Waals surface area contributed by atoms with Gasteiger partial charge in [0, 0.05) is 23.1 Å². The van der Waals surface area contributed by atoms with E-state index in [-0.39, 0.29) is 5.75 Å². The minimum absolute atomic E-state index is 0.199. The highest BCUT2D eigenvalue weighted by molar-refractivity contribution is 6.35. The van der Waals surface area contributed by atoms with Crippen LogP contribution in [0, 0.1) is 5.82 Å². The van der Waals surface area contributed by atoms with E-state index in [2.05, 4.69) is 4.98 Å². The van der Waals surface area contributed by atoms with Gasteiger partial charge in [-0.25, -0.2) is 4.39 Å². The third-order valence-corrected chi connectivity index (χ3v) is 4.14. The van der Waals surface area contributed by atoms with Gasteiger partial charge in [-0.3, -0.25) is 4.98 Å². The number of benzene rings is 1. The van der Waals surface area contributed by atoms with Crippen LogP contribution in [0.3, 0.4) is 0 Å². The number of fused-ring (bicyclic) bond motifs is 1. The van der Waals surface area contributed by atoms with Crippen molar-refractivity contribution in [1.82, 2.24) is 4.98 Å². The Bertz CT molecular complexity index is 623. The maximum Gasteiger partial charge on any atom is 0.167 e. The number of ether oxygens (including phenoxy) is 1. The Labute approximate surface area is 116 Å². The van der Waals surface area contributed by atoms with E-state index in [1.54, 1.807) is 6.07 Å². The molecule has 3 rings (SSSR count). The van der Waals surface area contributed by atoms with Gasteiger partial charge in [0.15, 0.2) is 11.6 Å². The lowest BCUT2D eigenvalue weighted by Crippen LogP contribution is -1.98. The standard InChI is InChI=1S/C15H15ClFNO/c1-19-15-6-10-11(16)7-13(9-4-2-3-5-9)18-14(10)8-12(15)17/h6-9H,2-5H2,1H3. The second kappa shape index (κ2) is 4.97. The van der Waals surface area contributed by atoms with Gasteiger partial charge in [-0.15, -0.1) is 0 Å². The number of hydrogen-bond acceptors (Lipinski definition) is 2. The van der Waals surface area contributed by atoms with Gasteiger partial charge in [0.1, 0.15) is 0 Å². The molecule has 1 aromatic carbocycles. The number of rotatable bonds is 2. The first kappa shape index (κ1) is 12.7. The summed E-state index contributed by atoms with van der Waals surface area (Å²) in [6.07, 6.45) is 4.76. The zero-order valence-electron chi connectivity index (χ0n) is 10.7. The molecule has 0 spiro atoms. The van der Waals surface area contributed by atoms with Crippen LogP contribution < -0.4 is 4.74 Å². The Morgan fingerprint density at radius 1 is 1.26 bits per heavy atom. The van der Waals surface area contributed by atoms with Crippen molar-refractivity contribution in [1.29, 1.82) is 0 Å². The van der Waals surface area contributed by atoms with Gasteiger partial charge in [-0.2, -0.15) is 0 Å². The van der Waals surface area contributed by atoms with E-state index in [0.717, 1.165) is 23.9 Å². The average Bonchev–Trinajstić information content (AvgIpc) is 2.91. The summed E-state index contributed by atoms with van der Waals surface area (Å²) < 4.78 is 18.7. The van der Waals surface area contributed by atoms with E-state index in [4.69, 9.17) is 16.3 Å². The molecule has 1 aliphatic carbocycles. The van der Waals surface area contributed by atoms with E-state index in [1.807, 2.05) is 6.07 Å². The van der Waals surface area contributed by atoms with Crippen molar-refractivity contribution < 1.29 is 9.13 Å². The highest BCUT2D eigenvalue weighted by Gasteiger charge is 2.20. The molecule has 2 aromatic rings. The highest BCUT2D eigenvalue weighted by atomic mass is 35.5. The molecule has 0 amide bonds. The van der Waals surface area contributed by atoms with Gasteiger partial charge in [-0.05, 0) is 25.0 Å². The van der Waals surface area contributed by atoms with Crippen LogP contribution in [-0.4, -0.2) is 12.1 Å². The van der Waals surface area contributed by atoms with Crippen molar-refractivity contribution in [2.75, 3.05) is 7.11 Å². The Hall–Kier alpha value is -1.35. The van der Waals surface area contributed by atoms with Gasteiger partial charge in [0.25, 0.3) is 0 Å². The van der Waals surface area contributed by atoms with Gasteiger partial charge >= 0.3 is 0 Å². The first-order valence-electron chi connectivity index (χ1n) is 6.52. The minimum atomic E-state index is -0.401. The van der Waals surface area contributed by atoms with Crippen LogP contribution in [0.1, 0.15) is 37.3 Å². The zero-order chi connectivity index (χ0) is 13.4. The summed E-state index contributed by atoms with van der Waals surface area (Å²) in [5.74, 6) is 0.263. The number of nitrogens with zero attached hydrogens (tertiary/aromatic N) is 1. The van der Waals surface area contributed by atoms with Crippen LogP contribution in [0.2, 0.25) is 5.02 Å². The largest absolute Gasteiger partial charge is 0.494 e. The molecule has 1 aliphatic rings. The molecule has 2 nitrogen and oxygen atoms in total. The second-order valence-electron chi connectivity index (χ2n) is 5.01. The summed E-state index contributed by atoms with van der Waals surface area (Å²) in [6.45, 7) is 0. The van der Waals surface area contributed by atoms with Gasteiger partial charge in [0.05, 0.1) is 17.6 Å². The monoisotopic (exact) mass is 279 g/mol. The highest BCUT2D eigenvalue weighted by Crippen LogP contribution is 2.37. The quantitative estimate of drug-likeness (QED) is 0.795. The number of pyridine rings is 1. The molecule has 0 atom stereocenters. The van der Waals surface area contributed by atoms with Crippen molar-refractivity contribution in [3.63, 3.8) is 0 Å². The molecule has 0 unspecified atom stereocenters. The minimum Gasteiger partial charge on any atom is -0.494 e. The molecule has 19 heavy (non-hydrogen) atoms. The molecule has 0 radical (unpaired) electrons. The molecule has 1 saturated carbocycles. The smallest absolute Gasteiger partial charge is 0.167 e. The van der Waals surface area contributed by atoms with E-state index < -0.39 is 5.82 Å². The van der Waals surface area contributed by atoms with Gasteiger partial charge < -0.3 is 4.74 Å². The molecule has 1 aromatic heterocycles. The second-order valence-corrected chi connectivity index (χ2v) is 5.42.